The Balaban J connectivity index is 1.94. The highest BCUT2D eigenvalue weighted by Gasteiger charge is 2.30. The molecule has 1 aliphatic carbocycles. The van der Waals surface area contributed by atoms with Gasteiger partial charge >= 0.3 is 0 Å². The van der Waals surface area contributed by atoms with Gasteiger partial charge in [0.2, 0.25) is 5.91 Å². The first-order valence-corrected chi connectivity index (χ1v) is 8.35. The number of anilines is 1. The molecule has 0 unspecified atom stereocenters. The summed E-state index contributed by atoms with van der Waals surface area (Å²) in [4.78, 5) is 30.1. The molecule has 2 amide bonds. The van der Waals surface area contributed by atoms with Gasteiger partial charge in [-0.3, -0.25) is 9.59 Å². The maximum Gasteiger partial charge on any atom is 0.274 e. The minimum Gasteiger partial charge on any atom is -0.375 e. The summed E-state index contributed by atoms with van der Waals surface area (Å²) in [6.07, 6.45) is 2.05. The van der Waals surface area contributed by atoms with E-state index in [-0.39, 0.29) is 17.4 Å². The van der Waals surface area contributed by atoms with Gasteiger partial charge in [-0.25, -0.2) is 9.37 Å². The zero-order chi connectivity index (χ0) is 17.3. The molecule has 0 radical (unpaired) electrons. The van der Waals surface area contributed by atoms with E-state index >= 15 is 0 Å². The van der Waals surface area contributed by atoms with Gasteiger partial charge in [0.05, 0.1) is 11.4 Å². The predicted octanol–water partition coefficient (Wildman–Crippen LogP) is 1.87. The number of carbonyl (C=O) groups excluding carboxylic acids is 2. The van der Waals surface area contributed by atoms with Crippen molar-refractivity contribution in [2.24, 2.45) is 11.7 Å². The van der Waals surface area contributed by atoms with Crippen LogP contribution in [0.1, 0.15) is 23.3 Å². The Labute approximate surface area is 142 Å². The number of nitrogen functional groups attached to an aromatic ring is 1. The lowest BCUT2D eigenvalue weighted by Crippen LogP contribution is -2.40. The molecule has 126 valence electrons. The van der Waals surface area contributed by atoms with E-state index in [2.05, 4.69) is 4.98 Å². The highest BCUT2D eigenvalue weighted by molar-refractivity contribution is 7.19. The lowest BCUT2D eigenvalue weighted by atomic mass is 10.1. The van der Waals surface area contributed by atoms with E-state index in [0.29, 0.717) is 22.9 Å². The van der Waals surface area contributed by atoms with Gasteiger partial charge in [0.1, 0.15) is 11.5 Å². The van der Waals surface area contributed by atoms with Gasteiger partial charge in [0.25, 0.3) is 5.91 Å². The molecule has 0 spiro atoms. The molecule has 24 heavy (non-hydrogen) atoms. The van der Waals surface area contributed by atoms with Crippen LogP contribution in [-0.4, -0.2) is 34.8 Å². The number of nitrogens with zero attached hydrogens (tertiary/aromatic N) is 2. The third-order valence-corrected chi connectivity index (χ3v) is 4.68. The molecule has 2 aromatic rings. The van der Waals surface area contributed by atoms with E-state index in [4.69, 9.17) is 11.5 Å². The number of benzene rings is 1. The van der Waals surface area contributed by atoms with Crippen LogP contribution < -0.4 is 11.5 Å². The summed E-state index contributed by atoms with van der Waals surface area (Å²) >= 11 is 1.11. The van der Waals surface area contributed by atoms with Gasteiger partial charge in [-0.1, -0.05) is 23.5 Å². The summed E-state index contributed by atoms with van der Waals surface area (Å²) in [6.45, 7) is 0.289. The fraction of sp³-hybridized carbons (Fsp3) is 0.312. The molecular formula is C16H17FN4O2S. The fourth-order valence-electron chi connectivity index (χ4n) is 2.48. The van der Waals surface area contributed by atoms with Gasteiger partial charge in [0, 0.05) is 6.54 Å². The van der Waals surface area contributed by atoms with Crippen LogP contribution in [0.15, 0.2) is 24.3 Å². The smallest absolute Gasteiger partial charge is 0.274 e. The van der Waals surface area contributed by atoms with Crippen molar-refractivity contribution in [3.05, 3.63) is 35.8 Å². The van der Waals surface area contributed by atoms with Crippen molar-refractivity contribution in [2.45, 2.75) is 12.8 Å². The van der Waals surface area contributed by atoms with Crippen molar-refractivity contribution >= 4 is 28.3 Å². The number of thiazole rings is 1. The molecule has 1 aliphatic rings. The number of hydrogen-bond acceptors (Lipinski definition) is 5. The SMILES string of the molecule is NC(=O)CN(CC1CC1)C(=O)c1nc(N)sc1-c1cccc(F)c1. The van der Waals surface area contributed by atoms with E-state index < -0.39 is 17.6 Å². The normalized spacial score (nSPS) is 13.7. The van der Waals surface area contributed by atoms with Crippen LogP contribution >= 0.6 is 11.3 Å². The van der Waals surface area contributed by atoms with Crippen molar-refractivity contribution in [1.29, 1.82) is 0 Å². The molecule has 1 aromatic carbocycles. The molecule has 1 heterocycles. The van der Waals surface area contributed by atoms with E-state index in [9.17, 15) is 14.0 Å². The Morgan fingerprint density at radius 1 is 1.38 bits per heavy atom. The van der Waals surface area contributed by atoms with Crippen molar-refractivity contribution in [3.8, 4) is 10.4 Å². The van der Waals surface area contributed by atoms with E-state index in [1.807, 2.05) is 0 Å². The Hall–Kier alpha value is -2.48. The van der Waals surface area contributed by atoms with Gasteiger partial charge in [0.15, 0.2) is 5.13 Å². The summed E-state index contributed by atoms with van der Waals surface area (Å²) in [6, 6.07) is 5.89. The third kappa shape index (κ3) is 3.70. The second-order valence-corrected chi connectivity index (χ2v) is 6.87. The number of carbonyl (C=O) groups is 2. The maximum atomic E-state index is 13.5. The van der Waals surface area contributed by atoms with Crippen LogP contribution in [0.25, 0.3) is 10.4 Å². The van der Waals surface area contributed by atoms with E-state index in [1.54, 1.807) is 12.1 Å². The third-order valence-electron chi connectivity index (χ3n) is 3.74. The van der Waals surface area contributed by atoms with Gasteiger partial charge < -0.3 is 16.4 Å². The molecule has 1 saturated carbocycles. The van der Waals surface area contributed by atoms with E-state index in [0.717, 1.165) is 24.2 Å². The summed E-state index contributed by atoms with van der Waals surface area (Å²) in [5.41, 5.74) is 11.7. The van der Waals surface area contributed by atoms with Crippen LogP contribution in [0.2, 0.25) is 0 Å². The molecule has 8 heteroatoms. The molecule has 1 aromatic heterocycles. The monoisotopic (exact) mass is 348 g/mol. The van der Waals surface area contributed by atoms with Crippen LogP contribution in [0.5, 0.6) is 0 Å². The maximum absolute atomic E-state index is 13.5. The highest BCUT2D eigenvalue weighted by Crippen LogP contribution is 2.34. The Kier molecular flexibility index (Phi) is 4.48. The quantitative estimate of drug-likeness (QED) is 0.832. The van der Waals surface area contributed by atoms with Crippen LogP contribution in [0.3, 0.4) is 0 Å². The first-order chi connectivity index (χ1) is 11.4. The Bertz CT molecular complexity index is 788. The number of rotatable bonds is 6. The molecule has 3 rings (SSSR count). The summed E-state index contributed by atoms with van der Waals surface area (Å²) in [7, 11) is 0. The Morgan fingerprint density at radius 2 is 2.12 bits per heavy atom. The first kappa shape index (κ1) is 16.4. The van der Waals surface area contributed by atoms with Crippen molar-refractivity contribution in [3.63, 3.8) is 0 Å². The van der Waals surface area contributed by atoms with Crippen LogP contribution in [0, 0.1) is 11.7 Å². The lowest BCUT2D eigenvalue weighted by molar-refractivity contribution is -0.118. The number of hydrogen-bond donors (Lipinski definition) is 2. The number of amides is 2. The zero-order valence-corrected chi connectivity index (χ0v) is 13.7. The molecule has 6 nitrogen and oxygen atoms in total. The molecular weight excluding hydrogens is 331 g/mol. The van der Waals surface area contributed by atoms with Crippen LogP contribution in [-0.2, 0) is 4.79 Å². The highest BCUT2D eigenvalue weighted by atomic mass is 32.1. The average molecular weight is 348 g/mol. The molecule has 1 fully saturated rings. The summed E-state index contributed by atoms with van der Waals surface area (Å²) in [5, 5.41) is 0.211. The summed E-state index contributed by atoms with van der Waals surface area (Å²) in [5.74, 6) is -1.01. The van der Waals surface area contributed by atoms with Crippen molar-refractivity contribution in [2.75, 3.05) is 18.8 Å². The number of nitrogens with two attached hydrogens (primary N) is 2. The van der Waals surface area contributed by atoms with Gasteiger partial charge in [-0.05, 0) is 36.5 Å². The van der Waals surface area contributed by atoms with Gasteiger partial charge in [-0.15, -0.1) is 0 Å². The number of aromatic nitrogens is 1. The topological polar surface area (TPSA) is 102 Å². The summed E-state index contributed by atoms with van der Waals surface area (Å²) < 4.78 is 13.5. The molecule has 0 bridgehead atoms. The lowest BCUT2D eigenvalue weighted by Gasteiger charge is -2.20. The fourth-order valence-corrected chi connectivity index (χ4v) is 3.30. The molecule has 0 aliphatic heterocycles. The minimum absolute atomic E-state index is 0.130. The van der Waals surface area contributed by atoms with Crippen LogP contribution in [0.4, 0.5) is 9.52 Å². The standard InChI is InChI=1S/C16H17FN4O2S/c17-11-3-1-2-10(6-11)14-13(20-16(19)24-14)15(23)21(8-12(18)22)7-9-4-5-9/h1-3,6,9H,4-5,7-8H2,(H2,18,22)(H2,19,20). The number of primary amides is 1. The van der Waals surface area contributed by atoms with Crippen molar-refractivity contribution < 1.29 is 14.0 Å². The predicted molar refractivity (Wildman–Crippen MR) is 89.7 cm³/mol. The second-order valence-electron chi connectivity index (χ2n) is 5.84. The van der Waals surface area contributed by atoms with Gasteiger partial charge in [-0.2, -0.15) is 0 Å². The van der Waals surface area contributed by atoms with E-state index in [1.165, 1.54) is 17.0 Å². The minimum atomic E-state index is -0.584. The Morgan fingerprint density at radius 3 is 2.75 bits per heavy atom. The van der Waals surface area contributed by atoms with Crippen molar-refractivity contribution in [1.82, 2.24) is 9.88 Å². The molecule has 4 N–H and O–H groups in total. The average Bonchev–Trinajstić information content (AvgIpc) is 3.25. The zero-order valence-electron chi connectivity index (χ0n) is 12.9. The molecule has 0 saturated heterocycles. The first-order valence-electron chi connectivity index (χ1n) is 7.54. The number of halogens is 1. The molecule has 0 atom stereocenters. The second kappa shape index (κ2) is 6.56. The largest absolute Gasteiger partial charge is 0.375 e.